The van der Waals surface area contributed by atoms with Crippen LogP contribution in [0.2, 0.25) is 0 Å². The van der Waals surface area contributed by atoms with Crippen LogP contribution in [0.4, 0.5) is 4.79 Å². The van der Waals surface area contributed by atoms with Gasteiger partial charge in [0.2, 0.25) is 0 Å². The van der Waals surface area contributed by atoms with Crippen LogP contribution in [0.5, 0.6) is 0 Å². The van der Waals surface area contributed by atoms with Crippen molar-refractivity contribution in [1.29, 1.82) is 0 Å². The number of aliphatic hydroxyl groups excluding tert-OH is 1. The lowest BCUT2D eigenvalue weighted by Gasteiger charge is -2.19. The molecule has 112 valence electrons. The molecule has 0 aliphatic heterocycles. The highest BCUT2D eigenvalue weighted by Gasteiger charge is 2.15. The highest BCUT2D eigenvalue weighted by atomic mass is 16.6. The van der Waals surface area contributed by atoms with Gasteiger partial charge in [0.25, 0.3) is 0 Å². The first-order chi connectivity index (χ1) is 9.40. The van der Waals surface area contributed by atoms with Gasteiger partial charge in [-0.1, -0.05) is 24.3 Å². The Balaban J connectivity index is 2.36. The van der Waals surface area contributed by atoms with Gasteiger partial charge in [-0.15, -0.1) is 0 Å². The second-order valence-electron chi connectivity index (χ2n) is 5.85. The fourth-order valence-electron chi connectivity index (χ4n) is 1.75. The van der Waals surface area contributed by atoms with E-state index in [9.17, 15) is 4.79 Å². The molecule has 0 spiro atoms. The maximum absolute atomic E-state index is 11.5. The molecule has 0 fully saturated rings. The van der Waals surface area contributed by atoms with E-state index in [0.717, 1.165) is 24.8 Å². The molecule has 1 amide bonds. The Labute approximate surface area is 121 Å². The van der Waals surface area contributed by atoms with Crippen molar-refractivity contribution >= 4 is 6.09 Å². The average molecular weight is 279 g/mol. The van der Waals surface area contributed by atoms with E-state index in [1.807, 2.05) is 32.9 Å². The molecule has 0 aliphatic carbocycles. The Morgan fingerprint density at radius 2 is 1.75 bits per heavy atom. The van der Waals surface area contributed by atoms with Gasteiger partial charge in [-0.25, -0.2) is 4.79 Å². The van der Waals surface area contributed by atoms with Gasteiger partial charge < -0.3 is 15.2 Å². The van der Waals surface area contributed by atoms with Crippen LogP contribution in [0.25, 0.3) is 0 Å². The largest absolute Gasteiger partial charge is 0.444 e. The fourth-order valence-corrected chi connectivity index (χ4v) is 1.75. The molecule has 4 nitrogen and oxygen atoms in total. The van der Waals surface area contributed by atoms with Gasteiger partial charge in [0, 0.05) is 13.2 Å². The third-order valence-electron chi connectivity index (χ3n) is 2.73. The second-order valence-corrected chi connectivity index (χ2v) is 5.85. The minimum Gasteiger partial charge on any atom is -0.444 e. The number of benzene rings is 1. The molecule has 0 saturated carbocycles. The number of unbranched alkanes of at least 4 members (excludes halogenated alkanes) is 1. The highest BCUT2D eigenvalue weighted by molar-refractivity contribution is 5.67. The number of nitrogens with one attached hydrogen (secondary N) is 1. The summed E-state index contributed by atoms with van der Waals surface area (Å²) >= 11 is 0. The first-order valence-electron chi connectivity index (χ1n) is 7.06. The Kier molecular flexibility index (Phi) is 6.52. The van der Waals surface area contributed by atoms with Crippen molar-refractivity contribution < 1.29 is 14.6 Å². The van der Waals surface area contributed by atoms with E-state index in [-0.39, 0.29) is 6.61 Å². The summed E-state index contributed by atoms with van der Waals surface area (Å²) in [7, 11) is 0. The SMILES string of the molecule is CC(C)(C)OC(=O)NCc1ccc(CCCCO)cc1. The summed E-state index contributed by atoms with van der Waals surface area (Å²) < 4.78 is 5.17. The molecule has 0 atom stereocenters. The molecule has 0 heterocycles. The quantitative estimate of drug-likeness (QED) is 0.787. The fraction of sp³-hybridized carbons (Fsp3) is 0.562. The van der Waals surface area contributed by atoms with Crippen molar-refractivity contribution in [2.45, 2.75) is 52.2 Å². The molecule has 4 heteroatoms. The zero-order valence-corrected chi connectivity index (χ0v) is 12.6. The van der Waals surface area contributed by atoms with E-state index in [1.54, 1.807) is 0 Å². The van der Waals surface area contributed by atoms with Crippen molar-refractivity contribution in [1.82, 2.24) is 5.32 Å². The summed E-state index contributed by atoms with van der Waals surface area (Å²) in [4.78, 5) is 11.5. The molecule has 2 N–H and O–H groups in total. The Morgan fingerprint density at radius 3 is 2.30 bits per heavy atom. The smallest absolute Gasteiger partial charge is 0.407 e. The van der Waals surface area contributed by atoms with E-state index >= 15 is 0 Å². The van der Waals surface area contributed by atoms with Gasteiger partial charge in [-0.3, -0.25) is 0 Å². The number of hydrogen-bond donors (Lipinski definition) is 2. The number of rotatable bonds is 6. The van der Waals surface area contributed by atoms with Crippen molar-refractivity contribution in [3.63, 3.8) is 0 Å². The molecule has 0 saturated heterocycles. The third-order valence-corrected chi connectivity index (χ3v) is 2.73. The van der Waals surface area contributed by atoms with E-state index in [4.69, 9.17) is 9.84 Å². The normalized spacial score (nSPS) is 11.2. The summed E-state index contributed by atoms with van der Waals surface area (Å²) in [6.07, 6.45) is 2.40. The standard InChI is InChI=1S/C16H25NO3/c1-16(2,3)20-15(19)17-12-14-9-7-13(8-10-14)6-4-5-11-18/h7-10,18H,4-6,11-12H2,1-3H3,(H,17,19). The second kappa shape index (κ2) is 7.90. The zero-order chi connectivity index (χ0) is 15.0. The van der Waals surface area contributed by atoms with Crippen LogP contribution < -0.4 is 5.32 Å². The lowest BCUT2D eigenvalue weighted by Crippen LogP contribution is -2.32. The predicted octanol–water partition coefficient (Wildman–Crippen LogP) is 3.03. The molecule has 0 unspecified atom stereocenters. The van der Waals surface area contributed by atoms with Crippen LogP contribution in [-0.4, -0.2) is 23.4 Å². The average Bonchev–Trinajstić information content (AvgIpc) is 2.36. The summed E-state index contributed by atoms with van der Waals surface area (Å²) in [5, 5.41) is 11.5. The molecule has 0 aliphatic rings. The Hall–Kier alpha value is -1.55. The summed E-state index contributed by atoms with van der Waals surface area (Å²) in [6.45, 7) is 6.24. The van der Waals surface area contributed by atoms with Gasteiger partial charge in [0.1, 0.15) is 5.60 Å². The Morgan fingerprint density at radius 1 is 1.15 bits per heavy atom. The van der Waals surface area contributed by atoms with E-state index in [0.29, 0.717) is 6.54 Å². The molecular weight excluding hydrogens is 254 g/mol. The Bertz CT molecular complexity index is 407. The van der Waals surface area contributed by atoms with E-state index < -0.39 is 11.7 Å². The maximum atomic E-state index is 11.5. The van der Waals surface area contributed by atoms with Gasteiger partial charge >= 0.3 is 6.09 Å². The molecular formula is C16H25NO3. The van der Waals surface area contributed by atoms with Gasteiger partial charge in [0.05, 0.1) is 0 Å². The molecule has 1 rings (SSSR count). The van der Waals surface area contributed by atoms with Crippen molar-refractivity contribution in [3.05, 3.63) is 35.4 Å². The third kappa shape index (κ3) is 7.14. The number of aliphatic hydroxyl groups is 1. The lowest BCUT2D eigenvalue weighted by molar-refractivity contribution is 0.0523. The minimum atomic E-state index is -0.472. The number of carbonyl (C=O) groups is 1. The number of carbonyl (C=O) groups excluding carboxylic acids is 1. The van der Waals surface area contributed by atoms with Gasteiger partial charge in [0.15, 0.2) is 0 Å². The zero-order valence-electron chi connectivity index (χ0n) is 12.6. The molecule has 0 aromatic heterocycles. The number of alkyl carbamates (subject to hydrolysis) is 1. The van der Waals surface area contributed by atoms with Gasteiger partial charge in [-0.2, -0.15) is 0 Å². The van der Waals surface area contributed by atoms with E-state index in [1.165, 1.54) is 5.56 Å². The summed E-state index contributed by atoms with van der Waals surface area (Å²) in [5.74, 6) is 0. The summed E-state index contributed by atoms with van der Waals surface area (Å²) in [6, 6.07) is 8.13. The van der Waals surface area contributed by atoms with Crippen molar-refractivity contribution in [2.24, 2.45) is 0 Å². The maximum Gasteiger partial charge on any atom is 0.407 e. The van der Waals surface area contributed by atoms with Crippen LogP contribution in [0.3, 0.4) is 0 Å². The number of hydrogen-bond acceptors (Lipinski definition) is 3. The van der Waals surface area contributed by atoms with Crippen LogP contribution in [0, 0.1) is 0 Å². The first-order valence-corrected chi connectivity index (χ1v) is 7.06. The van der Waals surface area contributed by atoms with Crippen molar-refractivity contribution in [3.8, 4) is 0 Å². The molecule has 0 radical (unpaired) electrons. The highest BCUT2D eigenvalue weighted by Crippen LogP contribution is 2.09. The topological polar surface area (TPSA) is 58.6 Å². The van der Waals surface area contributed by atoms with Crippen LogP contribution in [-0.2, 0) is 17.7 Å². The lowest BCUT2D eigenvalue weighted by atomic mass is 10.1. The minimum absolute atomic E-state index is 0.248. The van der Waals surface area contributed by atoms with Crippen LogP contribution >= 0.6 is 0 Å². The first kappa shape index (κ1) is 16.5. The molecule has 0 bridgehead atoms. The molecule has 1 aromatic rings. The number of ether oxygens (including phenoxy) is 1. The van der Waals surface area contributed by atoms with E-state index in [2.05, 4.69) is 17.4 Å². The van der Waals surface area contributed by atoms with Crippen LogP contribution in [0.15, 0.2) is 24.3 Å². The molecule has 1 aromatic carbocycles. The predicted molar refractivity (Wildman–Crippen MR) is 79.5 cm³/mol. The molecule has 20 heavy (non-hydrogen) atoms. The monoisotopic (exact) mass is 279 g/mol. The van der Waals surface area contributed by atoms with Crippen molar-refractivity contribution in [2.75, 3.05) is 6.61 Å². The number of amides is 1. The summed E-state index contributed by atoms with van der Waals surface area (Å²) in [5.41, 5.74) is 1.82. The van der Waals surface area contributed by atoms with Gasteiger partial charge in [-0.05, 0) is 51.2 Å². The van der Waals surface area contributed by atoms with Crippen LogP contribution in [0.1, 0.15) is 44.7 Å². The number of aryl methyl sites for hydroxylation is 1.